The molecule has 3 aromatic rings. The molecule has 2 aromatic heterocycles. The predicted octanol–water partition coefficient (Wildman–Crippen LogP) is 3.06. The van der Waals surface area contributed by atoms with Crippen molar-refractivity contribution < 1.29 is 4.74 Å². The van der Waals surface area contributed by atoms with Gasteiger partial charge in [-0.05, 0) is 24.3 Å². The van der Waals surface area contributed by atoms with E-state index in [2.05, 4.69) is 10.2 Å². The number of rotatable bonds is 2. The standard InChI is InChI=1S/C13H10ClN3O/c1-18-9-6-7-12-15-16-13(17(12)8-9)10-4-2-3-5-11(10)14/h2-8H,1H3. The Bertz CT molecular complexity index is 708. The molecule has 0 aliphatic rings. The Morgan fingerprint density at radius 2 is 1.94 bits per heavy atom. The molecule has 0 unspecified atom stereocenters. The zero-order valence-electron chi connectivity index (χ0n) is 9.67. The topological polar surface area (TPSA) is 39.4 Å². The monoisotopic (exact) mass is 259 g/mol. The highest BCUT2D eigenvalue weighted by Gasteiger charge is 2.11. The van der Waals surface area contributed by atoms with Crippen molar-refractivity contribution in [3.8, 4) is 17.1 Å². The third-order valence-corrected chi connectivity index (χ3v) is 3.06. The van der Waals surface area contributed by atoms with Crippen LogP contribution in [0.3, 0.4) is 0 Å². The van der Waals surface area contributed by atoms with E-state index in [0.29, 0.717) is 10.8 Å². The smallest absolute Gasteiger partial charge is 0.169 e. The molecule has 0 spiro atoms. The number of fused-ring (bicyclic) bond motifs is 1. The number of hydrogen-bond acceptors (Lipinski definition) is 3. The van der Waals surface area contributed by atoms with Gasteiger partial charge in [-0.3, -0.25) is 4.40 Å². The van der Waals surface area contributed by atoms with E-state index < -0.39 is 0 Å². The molecule has 0 bridgehead atoms. The molecule has 18 heavy (non-hydrogen) atoms. The van der Waals surface area contributed by atoms with Crippen molar-refractivity contribution in [3.63, 3.8) is 0 Å². The molecular weight excluding hydrogens is 250 g/mol. The van der Waals surface area contributed by atoms with Gasteiger partial charge in [-0.1, -0.05) is 23.7 Å². The van der Waals surface area contributed by atoms with Gasteiger partial charge in [-0.15, -0.1) is 10.2 Å². The number of nitrogens with zero attached hydrogens (tertiary/aromatic N) is 3. The summed E-state index contributed by atoms with van der Waals surface area (Å²) in [5.74, 6) is 1.45. The summed E-state index contributed by atoms with van der Waals surface area (Å²) in [4.78, 5) is 0. The second-order valence-electron chi connectivity index (χ2n) is 3.80. The van der Waals surface area contributed by atoms with Crippen molar-refractivity contribution in [2.75, 3.05) is 7.11 Å². The molecule has 2 heterocycles. The van der Waals surface area contributed by atoms with Gasteiger partial charge in [0.25, 0.3) is 0 Å². The molecule has 0 aliphatic heterocycles. The molecule has 0 saturated carbocycles. The average molecular weight is 260 g/mol. The normalized spacial score (nSPS) is 10.8. The van der Waals surface area contributed by atoms with E-state index >= 15 is 0 Å². The van der Waals surface area contributed by atoms with E-state index in [0.717, 1.165) is 17.0 Å². The number of benzene rings is 1. The van der Waals surface area contributed by atoms with Gasteiger partial charge in [0, 0.05) is 5.56 Å². The summed E-state index contributed by atoms with van der Waals surface area (Å²) in [6.45, 7) is 0. The van der Waals surface area contributed by atoms with Crippen molar-refractivity contribution >= 4 is 17.2 Å². The second-order valence-corrected chi connectivity index (χ2v) is 4.21. The summed E-state index contributed by atoms with van der Waals surface area (Å²) in [6.07, 6.45) is 1.84. The summed E-state index contributed by atoms with van der Waals surface area (Å²) in [5.41, 5.74) is 1.60. The minimum Gasteiger partial charge on any atom is -0.495 e. The molecule has 1 aromatic carbocycles. The molecule has 0 aliphatic carbocycles. The largest absolute Gasteiger partial charge is 0.495 e. The van der Waals surface area contributed by atoms with Crippen LogP contribution in [0.15, 0.2) is 42.6 Å². The van der Waals surface area contributed by atoms with Gasteiger partial charge in [0.1, 0.15) is 5.75 Å². The summed E-state index contributed by atoms with van der Waals surface area (Å²) in [7, 11) is 1.63. The lowest BCUT2D eigenvalue weighted by Crippen LogP contribution is -1.92. The minimum absolute atomic E-state index is 0.648. The molecule has 3 rings (SSSR count). The van der Waals surface area contributed by atoms with Crippen LogP contribution in [0, 0.1) is 0 Å². The third-order valence-electron chi connectivity index (χ3n) is 2.73. The molecule has 5 heteroatoms. The van der Waals surface area contributed by atoms with Gasteiger partial charge in [-0.25, -0.2) is 0 Å². The van der Waals surface area contributed by atoms with E-state index in [1.165, 1.54) is 0 Å². The summed E-state index contributed by atoms with van der Waals surface area (Å²) >= 11 is 6.18. The number of aromatic nitrogens is 3. The fraction of sp³-hybridized carbons (Fsp3) is 0.0769. The summed E-state index contributed by atoms with van der Waals surface area (Å²) in [6, 6.07) is 11.3. The van der Waals surface area contributed by atoms with E-state index in [9.17, 15) is 0 Å². The average Bonchev–Trinajstić information content (AvgIpc) is 2.82. The van der Waals surface area contributed by atoms with Crippen LogP contribution < -0.4 is 4.74 Å². The van der Waals surface area contributed by atoms with Crippen LogP contribution in [0.2, 0.25) is 5.02 Å². The van der Waals surface area contributed by atoms with Gasteiger partial charge in [0.05, 0.1) is 18.3 Å². The maximum atomic E-state index is 6.18. The predicted molar refractivity (Wildman–Crippen MR) is 70.0 cm³/mol. The number of ether oxygens (including phenoxy) is 1. The van der Waals surface area contributed by atoms with Crippen LogP contribution >= 0.6 is 11.6 Å². The highest BCUT2D eigenvalue weighted by Crippen LogP contribution is 2.27. The first-order valence-electron chi connectivity index (χ1n) is 5.43. The molecular formula is C13H10ClN3O. The van der Waals surface area contributed by atoms with E-state index in [1.807, 2.05) is 47.0 Å². The Kier molecular flexibility index (Phi) is 2.64. The van der Waals surface area contributed by atoms with Crippen molar-refractivity contribution in [1.29, 1.82) is 0 Å². The molecule has 0 radical (unpaired) electrons. The first-order valence-corrected chi connectivity index (χ1v) is 5.81. The van der Waals surface area contributed by atoms with Crippen LogP contribution in [0.4, 0.5) is 0 Å². The van der Waals surface area contributed by atoms with Crippen molar-refractivity contribution in [2.45, 2.75) is 0 Å². The Balaban J connectivity index is 2.26. The maximum Gasteiger partial charge on any atom is 0.169 e. The molecule has 4 nitrogen and oxygen atoms in total. The third kappa shape index (κ3) is 1.71. The fourth-order valence-corrected chi connectivity index (χ4v) is 2.04. The number of methoxy groups -OCH3 is 1. The van der Waals surface area contributed by atoms with Crippen molar-refractivity contribution in [2.24, 2.45) is 0 Å². The van der Waals surface area contributed by atoms with Crippen LogP contribution in [0.25, 0.3) is 17.0 Å². The van der Waals surface area contributed by atoms with Crippen LogP contribution in [-0.4, -0.2) is 21.7 Å². The molecule has 90 valence electrons. The van der Waals surface area contributed by atoms with Crippen LogP contribution in [0.1, 0.15) is 0 Å². The quantitative estimate of drug-likeness (QED) is 0.710. The van der Waals surface area contributed by atoms with E-state index in [1.54, 1.807) is 7.11 Å². The molecule has 0 saturated heterocycles. The number of halogens is 1. The second kappa shape index (κ2) is 4.31. The highest BCUT2D eigenvalue weighted by atomic mass is 35.5. The van der Waals surface area contributed by atoms with Gasteiger partial charge in [0.2, 0.25) is 0 Å². The van der Waals surface area contributed by atoms with Gasteiger partial charge >= 0.3 is 0 Å². The fourth-order valence-electron chi connectivity index (χ4n) is 1.82. The Morgan fingerprint density at radius 3 is 2.72 bits per heavy atom. The maximum absolute atomic E-state index is 6.18. The van der Waals surface area contributed by atoms with Gasteiger partial charge in [0.15, 0.2) is 11.5 Å². The molecule has 0 N–H and O–H groups in total. The Morgan fingerprint density at radius 1 is 1.11 bits per heavy atom. The lowest BCUT2D eigenvalue weighted by molar-refractivity contribution is 0.412. The SMILES string of the molecule is COc1ccc2nnc(-c3ccccc3Cl)n2c1. The lowest BCUT2D eigenvalue weighted by atomic mass is 10.2. The molecule has 0 amide bonds. The first-order chi connectivity index (χ1) is 8.79. The number of pyridine rings is 1. The van der Waals surface area contributed by atoms with Crippen LogP contribution in [0.5, 0.6) is 5.75 Å². The molecule has 0 atom stereocenters. The minimum atomic E-state index is 0.648. The summed E-state index contributed by atoms with van der Waals surface area (Å²) in [5, 5.41) is 8.93. The Hall–Kier alpha value is -2.07. The van der Waals surface area contributed by atoms with Crippen molar-refractivity contribution in [1.82, 2.24) is 14.6 Å². The zero-order chi connectivity index (χ0) is 12.5. The zero-order valence-corrected chi connectivity index (χ0v) is 10.4. The van der Waals surface area contributed by atoms with E-state index in [4.69, 9.17) is 16.3 Å². The van der Waals surface area contributed by atoms with Crippen molar-refractivity contribution in [3.05, 3.63) is 47.6 Å². The Labute approximate surface area is 109 Å². The van der Waals surface area contributed by atoms with E-state index in [-0.39, 0.29) is 0 Å². The van der Waals surface area contributed by atoms with Crippen LogP contribution in [-0.2, 0) is 0 Å². The first kappa shape index (κ1) is 11.0. The highest BCUT2D eigenvalue weighted by molar-refractivity contribution is 6.33. The van der Waals surface area contributed by atoms with Gasteiger partial charge < -0.3 is 4.74 Å². The van der Waals surface area contributed by atoms with Gasteiger partial charge in [-0.2, -0.15) is 0 Å². The molecule has 0 fully saturated rings. The summed E-state index contributed by atoms with van der Waals surface area (Å²) < 4.78 is 7.06. The number of hydrogen-bond donors (Lipinski definition) is 0. The lowest BCUT2D eigenvalue weighted by Gasteiger charge is -2.04.